The Labute approximate surface area is 185 Å². The number of ketones is 1. The first-order valence-corrected chi connectivity index (χ1v) is 10.6. The predicted molar refractivity (Wildman–Crippen MR) is 123 cm³/mol. The molecule has 0 saturated carbocycles. The van der Waals surface area contributed by atoms with Crippen LogP contribution in [0.15, 0.2) is 42.5 Å². The molecule has 0 aliphatic carbocycles. The summed E-state index contributed by atoms with van der Waals surface area (Å²) in [7, 11) is 2.25. The third-order valence-electron chi connectivity index (χ3n) is 6.11. The highest BCUT2D eigenvalue weighted by Gasteiger charge is 2.35. The summed E-state index contributed by atoms with van der Waals surface area (Å²) in [6.45, 7) is 5.87. The number of carbonyl (C=O) groups is 2. The van der Waals surface area contributed by atoms with Crippen LogP contribution < -0.4 is 15.0 Å². The van der Waals surface area contributed by atoms with Gasteiger partial charge in [-0.25, -0.2) is 4.79 Å². The van der Waals surface area contributed by atoms with Crippen LogP contribution in [0.2, 0.25) is 0 Å². The third-order valence-corrected chi connectivity index (χ3v) is 6.11. The lowest BCUT2D eigenvalue weighted by Gasteiger charge is -2.33. The van der Waals surface area contributed by atoms with Gasteiger partial charge in [0, 0.05) is 17.2 Å². The van der Waals surface area contributed by atoms with Gasteiger partial charge in [-0.15, -0.1) is 0 Å². The molecule has 1 unspecified atom stereocenters. The molecule has 2 aromatic rings. The number of phenols is 1. The van der Waals surface area contributed by atoms with E-state index in [1.165, 1.54) is 48.9 Å². The summed E-state index contributed by atoms with van der Waals surface area (Å²) in [5.74, 6) is 0.0748. The third kappa shape index (κ3) is 5.85. The molecule has 3 N–H and O–H groups in total. The molecule has 31 heavy (non-hydrogen) atoms. The number of Topliss-reactive ketones (excluding diaryl/α,β-unsaturated/α-hetero) is 1. The van der Waals surface area contributed by atoms with E-state index in [9.17, 15) is 14.7 Å². The largest absolute Gasteiger partial charge is 0.507 e. The number of carbonyl (C=O) groups excluding carboxylic acids is 2. The number of likely N-dealkylation sites (tertiary alicyclic amines) is 1. The van der Waals surface area contributed by atoms with Crippen molar-refractivity contribution in [3.63, 3.8) is 0 Å². The number of hydrogen-bond acceptors (Lipinski definition) is 4. The van der Waals surface area contributed by atoms with E-state index in [-0.39, 0.29) is 29.9 Å². The number of quaternary nitrogens is 1. The van der Waals surface area contributed by atoms with Crippen LogP contribution in [0, 0.1) is 7.43 Å². The van der Waals surface area contributed by atoms with Crippen LogP contribution in [-0.2, 0) is 5.41 Å². The molecule has 0 aromatic heterocycles. The summed E-state index contributed by atoms with van der Waals surface area (Å²) in [6, 6.07) is 12.2. The second-order valence-corrected chi connectivity index (χ2v) is 8.31. The summed E-state index contributed by atoms with van der Waals surface area (Å²) in [5.41, 5.74) is 1.87. The molecule has 1 fully saturated rings. The maximum atomic E-state index is 12.4. The van der Waals surface area contributed by atoms with E-state index in [1.54, 1.807) is 12.1 Å². The molecule has 0 spiro atoms. The zero-order valence-electron chi connectivity index (χ0n) is 19.0. The summed E-state index contributed by atoms with van der Waals surface area (Å²) in [6.07, 6.45) is 3.98. The van der Waals surface area contributed by atoms with Crippen molar-refractivity contribution in [1.29, 1.82) is 0 Å². The standard InChI is InChI=1S/C24H30N2O4.CH3/c1-4-24(12-5-6-13-26(3)16-24)18-8-7-9-20(14-18)30-23(29)25-19-10-11-21(17(2)27)22(28)15-19;/h7-11,14-15,28H,4-6,12-13,16H2,1-3H3,(H,25,29);1H3/q;-1/p+1/t24-;/m1./s1. The Morgan fingerprint density at radius 3 is 2.65 bits per heavy atom. The predicted octanol–water partition coefficient (Wildman–Crippen LogP) is 4.00. The molecule has 1 aliphatic heterocycles. The number of amides is 1. The number of aromatic hydroxyl groups is 1. The van der Waals surface area contributed by atoms with E-state index in [0.29, 0.717) is 11.4 Å². The highest BCUT2D eigenvalue weighted by atomic mass is 16.6. The molecule has 1 saturated heterocycles. The van der Waals surface area contributed by atoms with Crippen LogP contribution in [0.5, 0.6) is 11.5 Å². The van der Waals surface area contributed by atoms with Gasteiger partial charge in [-0.3, -0.25) is 10.1 Å². The number of hydrogen-bond donors (Lipinski definition) is 3. The van der Waals surface area contributed by atoms with Crippen LogP contribution in [0.4, 0.5) is 10.5 Å². The molecule has 0 bridgehead atoms. The van der Waals surface area contributed by atoms with E-state index in [4.69, 9.17) is 4.74 Å². The van der Waals surface area contributed by atoms with Gasteiger partial charge in [0.2, 0.25) is 0 Å². The van der Waals surface area contributed by atoms with Crippen molar-refractivity contribution in [3.8, 4) is 11.5 Å². The fourth-order valence-corrected chi connectivity index (χ4v) is 4.44. The maximum Gasteiger partial charge on any atom is 0.417 e. The van der Waals surface area contributed by atoms with Crippen molar-refractivity contribution in [2.24, 2.45) is 0 Å². The van der Waals surface area contributed by atoms with E-state index in [0.717, 1.165) is 19.4 Å². The number of nitrogens with one attached hydrogen (secondary N) is 2. The summed E-state index contributed by atoms with van der Waals surface area (Å²) in [4.78, 5) is 25.3. The van der Waals surface area contributed by atoms with Crippen molar-refractivity contribution in [2.75, 3.05) is 25.5 Å². The van der Waals surface area contributed by atoms with Gasteiger partial charge in [0.25, 0.3) is 0 Å². The topological polar surface area (TPSA) is 80.1 Å². The van der Waals surface area contributed by atoms with Gasteiger partial charge in [-0.2, -0.15) is 0 Å². The Morgan fingerprint density at radius 2 is 1.97 bits per heavy atom. The maximum absolute atomic E-state index is 12.4. The first-order chi connectivity index (χ1) is 14.3. The number of ether oxygens (including phenoxy) is 1. The Kier molecular flexibility index (Phi) is 8.22. The SMILES string of the molecule is CC[C@@]1(c2cccc(OC(=O)Nc3ccc(C(C)=O)c(O)c3)c2)CCCC[NH+](C)C1.[CH3-]. The van der Waals surface area contributed by atoms with Crippen molar-refractivity contribution in [1.82, 2.24) is 0 Å². The van der Waals surface area contributed by atoms with Gasteiger partial charge < -0.3 is 22.2 Å². The van der Waals surface area contributed by atoms with Crippen LogP contribution in [0.1, 0.15) is 55.5 Å². The van der Waals surface area contributed by atoms with Gasteiger partial charge in [0.15, 0.2) is 5.78 Å². The molecule has 6 heteroatoms. The number of phenolic OH excluding ortho intramolecular Hbond substituents is 1. The molecule has 1 amide bonds. The van der Waals surface area contributed by atoms with E-state index in [2.05, 4.69) is 25.4 Å². The first-order valence-electron chi connectivity index (χ1n) is 10.6. The quantitative estimate of drug-likeness (QED) is 0.499. The molecular weight excluding hydrogens is 392 g/mol. The molecule has 3 rings (SSSR count). The zero-order valence-corrected chi connectivity index (χ0v) is 19.0. The summed E-state index contributed by atoms with van der Waals surface area (Å²) >= 11 is 0. The Balaban J connectivity index is 0.00000341. The van der Waals surface area contributed by atoms with Crippen molar-refractivity contribution < 1.29 is 24.3 Å². The van der Waals surface area contributed by atoms with Crippen LogP contribution in [0.3, 0.4) is 0 Å². The van der Waals surface area contributed by atoms with Gasteiger partial charge in [-0.1, -0.05) is 19.1 Å². The highest BCUT2D eigenvalue weighted by molar-refractivity contribution is 5.97. The van der Waals surface area contributed by atoms with Crippen molar-refractivity contribution in [2.45, 2.75) is 44.9 Å². The minimum atomic E-state index is -0.642. The van der Waals surface area contributed by atoms with Crippen LogP contribution in [-0.4, -0.2) is 37.1 Å². The average Bonchev–Trinajstić information content (AvgIpc) is 2.90. The van der Waals surface area contributed by atoms with Crippen LogP contribution >= 0.6 is 0 Å². The fourth-order valence-electron chi connectivity index (χ4n) is 4.44. The lowest BCUT2D eigenvalue weighted by atomic mass is 9.74. The minimum absolute atomic E-state index is 0. The lowest BCUT2D eigenvalue weighted by molar-refractivity contribution is -0.883. The smallest absolute Gasteiger partial charge is 0.417 e. The fraction of sp³-hybridized carbons (Fsp3) is 0.400. The molecule has 2 atom stereocenters. The van der Waals surface area contributed by atoms with Gasteiger partial charge in [0.05, 0.1) is 25.7 Å². The Bertz CT molecular complexity index is 927. The Morgan fingerprint density at radius 1 is 1.19 bits per heavy atom. The minimum Gasteiger partial charge on any atom is -0.507 e. The highest BCUT2D eigenvalue weighted by Crippen LogP contribution is 2.35. The van der Waals surface area contributed by atoms with Crippen molar-refractivity contribution >= 4 is 17.6 Å². The molecule has 6 nitrogen and oxygen atoms in total. The van der Waals surface area contributed by atoms with Gasteiger partial charge >= 0.3 is 6.09 Å². The Hall–Kier alpha value is -2.86. The zero-order chi connectivity index (χ0) is 21.7. The number of rotatable bonds is 5. The second kappa shape index (κ2) is 10.4. The molecule has 0 radical (unpaired) electrons. The second-order valence-electron chi connectivity index (χ2n) is 8.31. The van der Waals surface area contributed by atoms with E-state index < -0.39 is 6.09 Å². The normalized spacial score (nSPS) is 20.8. The van der Waals surface area contributed by atoms with Crippen molar-refractivity contribution in [3.05, 3.63) is 61.0 Å². The average molecular weight is 427 g/mol. The number of anilines is 1. The lowest BCUT2D eigenvalue weighted by Crippen LogP contribution is -3.10. The first kappa shape index (κ1) is 24.4. The van der Waals surface area contributed by atoms with E-state index >= 15 is 0 Å². The molecule has 1 aliphatic rings. The molecule has 168 valence electrons. The van der Waals surface area contributed by atoms with E-state index in [1.807, 2.05) is 12.1 Å². The molecular formula is C25H34N2O4. The monoisotopic (exact) mass is 426 g/mol. The summed E-state index contributed by atoms with van der Waals surface area (Å²) < 4.78 is 5.51. The molecule has 1 heterocycles. The van der Waals surface area contributed by atoms with Gasteiger partial charge in [-0.05, 0) is 62.4 Å². The summed E-state index contributed by atoms with van der Waals surface area (Å²) in [5, 5.41) is 12.5. The van der Waals surface area contributed by atoms with Crippen LogP contribution in [0.25, 0.3) is 0 Å². The molecule has 2 aromatic carbocycles. The number of benzene rings is 2. The van der Waals surface area contributed by atoms with Gasteiger partial charge in [0.1, 0.15) is 11.5 Å². The number of likely N-dealkylation sites (N-methyl/N-ethyl adjacent to an activating group) is 1.